The van der Waals surface area contributed by atoms with Crippen molar-refractivity contribution in [2.45, 2.75) is 19.8 Å². The minimum absolute atomic E-state index is 0.414. The summed E-state index contributed by atoms with van der Waals surface area (Å²) in [7, 11) is 0. The Morgan fingerprint density at radius 1 is 1.17 bits per heavy atom. The highest BCUT2D eigenvalue weighted by atomic mass is 32.1. The van der Waals surface area contributed by atoms with Gasteiger partial charge in [-0.2, -0.15) is 0 Å². The molecule has 0 spiro atoms. The number of aromatic nitrogens is 2. The van der Waals surface area contributed by atoms with Gasteiger partial charge < -0.3 is 4.98 Å². The van der Waals surface area contributed by atoms with Gasteiger partial charge in [0.25, 0.3) is 0 Å². The van der Waals surface area contributed by atoms with Crippen molar-refractivity contribution in [2.24, 2.45) is 0 Å². The maximum atomic E-state index is 13.2. The van der Waals surface area contributed by atoms with E-state index in [0.29, 0.717) is 15.9 Å². The summed E-state index contributed by atoms with van der Waals surface area (Å²) in [5, 5.41) is 0. The standard InChI is InChI=1S/C13H12F2N2S/c1-2-3-12-16-11(7-13(18)17-12)8-4-9(14)6-10(15)5-8/h4-7H,2-3H2,1H3,(H,16,17,18). The third-order valence-corrected chi connectivity index (χ3v) is 2.66. The van der Waals surface area contributed by atoms with Gasteiger partial charge in [-0.1, -0.05) is 19.1 Å². The molecule has 2 aromatic rings. The Labute approximate surface area is 109 Å². The number of aryl methyl sites for hydroxylation is 1. The highest BCUT2D eigenvalue weighted by Gasteiger charge is 2.05. The lowest BCUT2D eigenvalue weighted by atomic mass is 10.1. The first-order valence-electron chi connectivity index (χ1n) is 5.65. The van der Waals surface area contributed by atoms with Gasteiger partial charge in [-0.3, -0.25) is 0 Å². The predicted molar refractivity (Wildman–Crippen MR) is 68.8 cm³/mol. The molecule has 0 bridgehead atoms. The summed E-state index contributed by atoms with van der Waals surface area (Å²) in [6.07, 6.45) is 1.66. The fourth-order valence-corrected chi connectivity index (χ4v) is 1.96. The van der Waals surface area contributed by atoms with Crippen LogP contribution in [0.2, 0.25) is 0 Å². The molecule has 0 atom stereocenters. The van der Waals surface area contributed by atoms with Crippen LogP contribution in [0.1, 0.15) is 19.2 Å². The zero-order valence-electron chi connectivity index (χ0n) is 9.84. The first kappa shape index (κ1) is 12.8. The van der Waals surface area contributed by atoms with Crippen LogP contribution in [0, 0.1) is 16.3 Å². The number of hydrogen-bond donors (Lipinski definition) is 1. The smallest absolute Gasteiger partial charge is 0.130 e. The Bertz CT molecular complexity index is 602. The van der Waals surface area contributed by atoms with Crippen molar-refractivity contribution in [1.29, 1.82) is 0 Å². The molecule has 5 heteroatoms. The number of aromatic amines is 1. The third kappa shape index (κ3) is 2.98. The fraction of sp³-hybridized carbons (Fsp3) is 0.231. The second kappa shape index (κ2) is 5.35. The van der Waals surface area contributed by atoms with Crippen molar-refractivity contribution >= 4 is 12.2 Å². The van der Waals surface area contributed by atoms with Crippen LogP contribution in [-0.4, -0.2) is 9.97 Å². The normalized spacial score (nSPS) is 10.6. The molecule has 0 fully saturated rings. The van der Waals surface area contributed by atoms with Gasteiger partial charge in [-0.15, -0.1) is 0 Å². The van der Waals surface area contributed by atoms with Gasteiger partial charge >= 0.3 is 0 Å². The quantitative estimate of drug-likeness (QED) is 0.849. The van der Waals surface area contributed by atoms with E-state index in [4.69, 9.17) is 12.2 Å². The number of benzene rings is 1. The van der Waals surface area contributed by atoms with Crippen LogP contribution >= 0.6 is 12.2 Å². The van der Waals surface area contributed by atoms with Crippen LogP contribution in [0.15, 0.2) is 24.3 Å². The summed E-state index contributed by atoms with van der Waals surface area (Å²) >= 11 is 5.05. The van der Waals surface area contributed by atoms with Crippen molar-refractivity contribution in [1.82, 2.24) is 9.97 Å². The molecule has 0 aliphatic heterocycles. The highest BCUT2D eigenvalue weighted by molar-refractivity contribution is 7.71. The minimum atomic E-state index is -0.613. The molecule has 0 saturated heterocycles. The summed E-state index contributed by atoms with van der Waals surface area (Å²) in [5.74, 6) is -0.499. The Hall–Kier alpha value is -1.62. The van der Waals surface area contributed by atoms with Gasteiger partial charge in [-0.25, -0.2) is 13.8 Å². The molecule has 0 aliphatic carbocycles. The van der Waals surface area contributed by atoms with E-state index in [-0.39, 0.29) is 0 Å². The number of halogens is 2. The van der Waals surface area contributed by atoms with Crippen LogP contribution in [0.4, 0.5) is 8.78 Å². The van der Waals surface area contributed by atoms with E-state index in [1.54, 1.807) is 6.07 Å². The molecule has 94 valence electrons. The molecule has 1 heterocycles. The summed E-state index contributed by atoms with van der Waals surface area (Å²) in [6.45, 7) is 2.02. The Morgan fingerprint density at radius 2 is 1.83 bits per heavy atom. The summed E-state index contributed by atoms with van der Waals surface area (Å²) in [5.41, 5.74) is 1.01. The van der Waals surface area contributed by atoms with Crippen LogP contribution in [0.25, 0.3) is 11.3 Å². The molecule has 0 saturated carbocycles. The van der Waals surface area contributed by atoms with Gasteiger partial charge in [0.05, 0.1) is 0 Å². The molecule has 0 radical (unpaired) electrons. The van der Waals surface area contributed by atoms with E-state index >= 15 is 0 Å². The van der Waals surface area contributed by atoms with Crippen molar-refractivity contribution < 1.29 is 8.78 Å². The van der Waals surface area contributed by atoms with Crippen LogP contribution in [0.3, 0.4) is 0 Å². The molecule has 0 unspecified atom stereocenters. The van der Waals surface area contributed by atoms with E-state index in [9.17, 15) is 8.78 Å². The van der Waals surface area contributed by atoms with Crippen molar-refractivity contribution in [3.63, 3.8) is 0 Å². The van der Waals surface area contributed by atoms with E-state index in [1.807, 2.05) is 6.92 Å². The summed E-state index contributed by atoms with van der Waals surface area (Å²) in [6, 6.07) is 4.97. The van der Waals surface area contributed by atoms with E-state index in [0.717, 1.165) is 24.7 Å². The number of nitrogens with zero attached hydrogens (tertiary/aromatic N) is 1. The van der Waals surface area contributed by atoms with Gasteiger partial charge in [0, 0.05) is 23.7 Å². The van der Waals surface area contributed by atoms with Crippen molar-refractivity contribution in [3.8, 4) is 11.3 Å². The molecule has 1 aromatic carbocycles. The van der Waals surface area contributed by atoms with Crippen LogP contribution < -0.4 is 0 Å². The maximum absolute atomic E-state index is 13.2. The number of H-pyrrole nitrogens is 1. The largest absolute Gasteiger partial charge is 0.343 e. The molecule has 18 heavy (non-hydrogen) atoms. The number of rotatable bonds is 3. The monoisotopic (exact) mass is 266 g/mol. The van der Waals surface area contributed by atoms with Crippen LogP contribution in [0.5, 0.6) is 0 Å². The highest BCUT2D eigenvalue weighted by Crippen LogP contribution is 2.20. The van der Waals surface area contributed by atoms with Gasteiger partial charge in [0.1, 0.15) is 22.1 Å². The summed E-state index contributed by atoms with van der Waals surface area (Å²) < 4.78 is 26.7. The van der Waals surface area contributed by atoms with Crippen LogP contribution in [-0.2, 0) is 6.42 Å². The second-order valence-electron chi connectivity index (χ2n) is 3.99. The molecule has 0 aliphatic rings. The van der Waals surface area contributed by atoms with E-state index in [2.05, 4.69) is 9.97 Å². The molecular weight excluding hydrogens is 254 g/mol. The first-order chi connectivity index (χ1) is 8.58. The maximum Gasteiger partial charge on any atom is 0.130 e. The zero-order valence-corrected chi connectivity index (χ0v) is 10.7. The van der Waals surface area contributed by atoms with Crippen molar-refractivity contribution in [2.75, 3.05) is 0 Å². The topological polar surface area (TPSA) is 28.7 Å². The molecule has 2 nitrogen and oxygen atoms in total. The lowest BCUT2D eigenvalue weighted by molar-refractivity contribution is 0.584. The Morgan fingerprint density at radius 3 is 2.44 bits per heavy atom. The van der Waals surface area contributed by atoms with Crippen molar-refractivity contribution in [3.05, 3.63) is 46.4 Å². The summed E-state index contributed by atoms with van der Waals surface area (Å²) in [4.78, 5) is 7.21. The van der Waals surface area contributed by atoms with E-state index < -0.39 is 11.6 Å². The fourth-order valence-electron chi connectivity index (χ4n) is 1.73. The average molecular weight is 266 g/mol. The Balaban J connectivity index is 2.52. The lowest BCUT2D eigenvalue weighted by Gasteiger charge is -2.06. The first-order valence-corrected chi connectivity index (χ1v) is 6.06. The second-order valence-corrected chi connectivity index (χ2v) is 4.41. The number of nitrogens with one attached hydrogen (secondary N) is 1. The third-order valence-electron chi connectivity index (χ3n) is 2.45. The molecule has 2 rings (SSSR count). The Kier molecular flexibility index (Phi) is 3.81. The van der Waals surface area contributed by atoms with Gasteiger partial charge in [0.15, 0.2) is 0 Å². The molecule has 0 amide bonds. The lowest BCUT2D eigenvalue weighted by Crippen LogP contribution is -1.97. The van der Waals surface area contributed by atoms with Gasteiger partial charge in [0.2, 0.25) is 0 Å². The number of hydrogen-bond acceptors (Lipinski definition) is 2. The minimum Gasteiger partial charge on any atom is -0.343 e. The SMILES string of the molecule is CCCc1nc(=S)cc(-c2cc(F)cc(F)c2)[nH]1. The van der Waals surface area contributed by atoms with E-state index in [1.165, 1.54) is 12.1 Å². The molecule has 1 aromatic heterocycles. The molecular formula is C13H12F2N2S. The molecule has 1 N–H and O–H groups in total. The van der Waals surface area contributed by atoms with Gasteiger partial charge in [-0.05, 0) is 24.6 Å². The zero-order chi connectivity index (χ0) is 13.1. The average Bonchev–Trinajstić information content (AvgIpc) is 2.27. The predicted octanol–water partition coefficient (Wildman–Crippen LogP) is 4.04.